The fourth-order valence-corrected chi connectivity index (χ4v) is 3.53. The molecule has 0 fully saturated rings. The number of amides is 2. The first kappa shape index (κ1) is 18.7. The maximum Gasteiger partial charge on any atom is 0.290 e. The quantitative estimate of drug-likeness (QED) is 0.344. The first-order valence-electron chi connectivity index (χ1n) is 8.71. The Kier molecular flexibility index (Phi) is 5.25. The van der Waals surface area contributed by atoms with Crippen LogP contribution in [-0.4, -0.2) is 36.8 Å². The van der Waals surface area contributed by atoms with E-state index in [0.717, 1.165) is 16.2 Å². The lowest BCUT2D eigenvalue weighted by Gasteiger charge is -2.07. The molecule has 0 saturated heterocycles. The van der Waals surface area contributed by atoms with Crippen molar-refractivity contribution >= 4 is 34.5 Å². The normalized spacial score (nSPS) is 10.8. The van der Waals surface area contributed by atoms with Crippen LogP contribution in [0.4, 0.5) is 0 Å². The molecule has 0 saturated carbocycles. The summed E-state index contributed by atoms with van der Waals surface area (Å²) in [6.45, 7) is 0. The zero-order chi connectivity index (χ0) is 20.2. The van der Waals surface area contributed by atoms with Crippen LogP contribution in [0.25, 0.3) is 10.9 Å². The lowest BCUT2D eigenvalue weighted by Crippen LogP contribution is -2.41. The van der Waals surface area contributed by atoms with Gasteiger partial charge in [0.1, 0.15) is 6.33 Å². The summed E-state index contributed by atoms with van der Waals surface area (Å²) >= 11 is 1.56. The van der Waals surface area contributed by atoms with Gasteiger partial charge in [0.05, 0.1) is 5.52 Å². The van der Waals surface area contributed by atoms with Crippen LogP contribution in [0.1, 0.15) is 26.4 Å². The van der Waals surface area contributed by atoms with Crippen molar-refractivity contribution in [2.45, 2.75) is 10.9 Å². The van der Waals surface area contributed by atoms with Gasteiger partial charge in [-0.05, 0) is 23.8 Å². The van der Waals surface area contributed by atoms with Crippen LogP contribution in [0.3, 0.4) is 0 Å². The van der Waals surface area contributed by atoms with E-state index in [0.29, 0.717) is 16.7 Å². The molecule has 2 aromatic carbocycles. The van der Waals surface area contributed by atoms with Crippen LogP contribution in [0.5, 0.6) is 0 Å². The Morgan fingerprint density at radius 2 is 1.83 bits per heavy atom. The zero-order valence-electron chi connectivity index (χ0n) is 15.4. The van der Waals surface area contributed by atoms with E-state index in [1.54, 1.807) is 36.3 Å². The largest absolute Gasteiger partial charge is 0.312 e. The summed E-state index contributed by atoms with van der Waals surface area (Å²) in [5.41, 5.74) is 7.26. The summed E-state index contributed by atoms with van der Waals surface area (Å²) in [5, 5.41) is 16.2. The number of thioether (sulfide) groups is 1. The van der Waals surface area contributed by atoms with Gasteiger partial charge in [-0.3, -0.25) is 25.5 Å². The molecular formula is C19H17N7O2S. The number of aryl methyl sites for hydroxylation is 1. The summed E-state index contributed by atoms with van der Waals surface area (Å²) in [6.07, 6.45) is 1.65. The number of rotatable bonds is 5. The molecule has 146 valence electrons. The van der Waals surface area contributed by atoms with Crippen molar-refractivity contribution in [3.63, 3.8) is 0 Å². The van der Waals surface area contributed by atoms with Gasteiger partial charge >= 0.3 is 0 Å². The Balaban J connectivity index is 1.33. The number of hydrazine groups is 1. The number of para-hydroxylation sites is 1. The van der Waals surface area contributed by atoms with Crippen molar-refractivity contribution < 1.29 is 9.59 Å². The molecule has 3 N–H and O–H groups in total. The minimum atomic E-state index is -0.493. The average molecular weight is 407 g/mol. The first-order valence-corrected chi connectivity index (χ1v) is 9.70. The Bertz CT molecular complexity index is 1170. The minimum Gasteiger partial charge on any atom is -0.312 e. The molecule has 0 aliphatic rings. The number of fused-ring (bicyclic) bond motifs is 1. The van der Waals surface area contributed by atoms with Gasteiger partial charge in [-0.15, -0.1) is 10.2 Å². The molecular weight excluding hydrogens is 390 g/mol. The van der Waals surface area contributed by atoms with Crippen LogP contribution in [0.15, 0.2) is 60.0 Å². The number of aromatic nitrogens is 5. The number of hydrogen-bond acceptors (Lipinski definition) is 6. The van der Waals surface area contributed by atoms with Gasteiger partial charge in [-0.1, -0.05) is 42.1 Å². The summed E-state index contributed by atoms with van der Waals surface area (Å²) in [6, 6.07) is 14.4. The third kappa shape index (κ3) is 4.11. The van der Waals surface area contributed by atoms with Crippen LogP contribution in [-0.2, 0) is 12.8 Å². The fraction of sp³-hybridized carbons (Fsp3) is 0.105. The van der Waals surface area contributed by atoms with E-state index in [1.165, 1.54) is 0 Å². The van der Waals surface area contributed by atoms with E-state index in [2.05, 4.69) is 31.2 Å². The molecule has 29 heavy (non-hydrogen) atoms. The number of carbonyl (C=O) groups excluding carboxylic acids is 2. The van der Waals surface area contributed by atoms with E-state index in [4.69, 9.17) is 0 Å². The second-order valence-electron chi connectivity index (χ2n) is 6.24. The van der Waals surface area contributed by atoms with Crippen molar-refractivity contribution in [3.05, 3.63) is 71.7 Å². The highest BCUT2D eigenvalue weighted by Gasteiger charge is 2.15. The molecule has 2 heterocycles. The summed E-state index contributed by atoms with van der Waals surface area (Å²) in [7, 11) is 1.88. The number of nitrogens with zero attached hydrogens (tertiary/aromatic N) is 4. The number of benzene rings is 2. The number of nitrogens with one attached hydrogen (secondary N) is 3. The van der Waals surface area contributed by atoms with Crippen molar-refractivity contribution in [2.75, 3.05) is 0 Å². The maximum atomic E-state index is 12.3. The molecule has 4 rings (SSSR count). The highest BCUT2D eigenvalue weighted by molar-refractivity contribution is 7.98. The van der Waals surface area contributed by atoms with Crippen LogP contribution in [0, 0.1) is 0 Å². The predicted octanol–water partition coefficient (Wildman–Crippen LogP) is 2.06. The molecule has 10 heteroatoms. The second kappa shape index (κ2) is 8.15. The van der Waals surface area contributed by atoms with Gasteiger partial charge in [0, 0.05) is 23.8 Å². The molecule has 4 aromatic rings. The highest BCUT2D eigenvalue weighted by Crippen LogP contribution is 2.20. The molecule has 0 bridgehead atoms. The molecule has 0 radical (unpaired) electrons. The molecule has 2 amide bonds. The smallest absolute Gasteiger partial charge is 0.290 e. The van der Waals surface area contributed by atoms with E-state index < -0.39 is 11.8 Å². The number of H-pyrrole nitrogens is 1. The van der Waals surface area contributed by atoms with Crippen LogP contribution >= 0.6 is 11.8 Å². The Morgan fingerprint density at radius 1 is 1.07 bits per heavy atom. The summed E-state index contributed by atoms with van der Waals surface area (Å²) in [5.74, 6) is -0.199. The molecule has 0 atom stereocenters. The topological polar surface area (TPSA) is 118 Å². The first-order chi connectivity index (χ1) is 14.1. The van der Waals surface area contributed by atoms with Crippen molar-refractivity contribution in [2.24, 2.45) is 7.05 Å². The van der Waals surface area contributed by atoms with Crippen molar-refractivity contribution in [3.8, 4) is 0 Å². The van der Waals surface area contributed by atoms with Crippen LogP contribution < -0.4 is 10.9 Å². The zero-order valence-corrected chi connectivity index (χ0v) is 16.2. The predicted molar refractivity (Wildman–Crippen MR) is 108 cm³/mol. The SMILES string of the molecule is Cn1cnnc1SCc1ccc(C(=O)NNC(=O)c2n[nH]c3ccccc23)cc1. The number of hydrogen-bond donors (Lipinski definition) is 3. The Morgan fingerprint density at radius 3 is 2.59 bits per heavy atom. The van der Waals surface area contributed by atoms with E-state index >= 15 is 0 Å². The van der Waals surface area contributed by atoms with E-state index in [-0.39, 0.29) is 5.69 Å². The monoisotopic (exact) mass is 407 g/mol. The number of aromatic amines is 1. The molecule has 0 spiro atoms. The minimum absolute atomic E-state index is 0.219. The molecule has 0 aliphatic carbocycles. The van der Waals surface area contributed by atoms with E-state index in [9.17, 15) is 9.59 Å². The van der Waals surface area contributed by atoms with Gasteiger partial charge in [-0.25, -0.2) is 0 Å². The van der Waals surface area contributed by atoms with Crippen molar-refractivity contribution in [1.82, 2.24) is 35.8 Å². The number of carbonyl (C=O) groups is 2. The Hall–Kier alpha value is -3.66. The van der Waals surface area contributed by atoms with Crippen LogP contribution in [0.2, 0.25) is 0 Å². The fourth-order valence-electron chi connectivity index (χ4n) is 2.68. The third-order valence-electron chi connectivity index (χ3n) is 4.23. The van der Waals surface area contributed by atoms with Gasteiger partial charge < -0.3 is 4.57 Å². The third-order valence-corrected chi connectivity index (χ3v) is 5.33. The maximum absolute atomic E-state index is 12.3. The second-order valence-corrected chi connectivity index (χ2v) is 7.18. The molecule has 9 nitrogen and oxygen atoms in total. The molecule has 0 aliphatic heterocycles. The standard InChI is InChI=1S/C19H17N7O2S/c1-26-11-20-25-19(26)29-10-12-6-8-13(9-7-12)17(27)23-24-18(28)16-14-4-2-3-5-15(14)21-22-16/h2-9,11H,10H2,1H3,(H,21,22)(H,23,27)(H,24,28). The summed E-state index contributed by atoms with van der Waals surface area (Å²) in [4.78, 5) is 24.6. The average Bonchev–Trinajstić information content (AvgIpc) is 3.36. The van der Waals surface area contributed by atoms with Gasteiger partial charge in [-0.2, -0.15) is 5.10 Å². The Labute approximate surface area is 169 Å². The van der Waals surface area contributed by atoms with Crippen molar-refractivity contribution in [1.29, 1.82) is 0 Å². The van der Waals surface area contributed by atoms with E-state index in [1.807, 2.05) is 41.9 Å². The van der Waals surface area contributed by atoms with Gasteiger partial charge in [0.15, 0.2) is 10.9 Å². The molecule has 0 unspecified atom stereocenters. The lowest BCUT2D eigenvalue weighted by atomic mass is 10.1. The lowest BCUT2D eigenvalue weighted by molar-refractivity contribution is 0.0845. The van der Waals surface area contributed by atoms with Gasteiger partial charge in [0.25, 0.3) is 11.8 Å². The highest BCUT2D eigenvalue weighted by atomic mass is 32.2. The summed E-state index contributed by atoms with van der Waals surface area (Å²) < 4.78 is 1.84. The van der Waals surface area contributed by atoms with Gasteiger partial charge in [0.2, 0.25) is 0 Å². The molecule has 2 aromatic heterocycles.